The predicted molar refractivity (Wildman–Crippen MR) is 68.5 cm³/mol. The number of rotatable bonds is 3. The fourth-order valence-electron chi connectivity index (χ4n) is 2.33. The van der Waals surface area contributed by atoms with E-state index in [1.807, 2.05) is 6.92 Å². The second kappa shape index (κ2) is 4.35. The van der Waals surface area contributed by atoms with Gasteiger partial charge in [-0.3, -0.25) is 9.36 Å². The van der Waals surface area contributed by atoms with Crippen LogP contribution in [0.25, 0.3) is 5.52 Å². The minimum absolute atomic E-state index is 0.0334. The molecule has 4 heteroatoms. The molecule has 0 unspecified atom stereocenters. The summed E-state index contributed by atoms with van der Waals surface area (Å²) in [4.78, 5) is 12.2. The van der Waals surface area contributed by atoms with E-state index in [1.54, 1.807) is 17.9 Å². The SMILES string of the molecule is CCC[C@@H](C)c1cc(C)n2ncn(C)c(=O)c12. The van der Waals surface area contributed by atoms with Gasteiger partial charge in [-0.05, 0) is 30.9 Å². The van der Waals surface area contributed by atoms with Crippen LogP contribution in [0.3, 0.4) is 0 Å². The first-order valence-corrected chi connectivity index (χ1v) is 6.10. The standard InChI is InChI=1S/C13H19N3O/c1-5-6-9(2)11-7-10(3)16-12(11)13(17)15(4)8-14-16/h7-9H,5-6H2,1-4H3/t9-/m1/s1. The van der Waals surface area contributed by atoms with Crippen LogP contribution in [0.1, 0.15) is 43.9 Å². The van der Waals surface area contributed by atoms with Gasteiger partial charge in [-0.25, -0.2) is 4.52 Å². The van der Waals surface area contributed by atoms with Crippen LogP contribution in [0.2, 0.25) is 0 Å². The first-order valence-electron chi connectivity index (χ1n) is 6.10. The number of fused-ring (bicyclic) bond motifs is 1. The predicted octanol–water partition coefficient (Wildman–Crippen LogP) is 2.25. The van der Waals surface area contributed by atoms with Gasteiger partial charge in [0, 0.05) is 12.7 Å². The van der Waals surface area contributed by atoms with E-state index >= 15 is 0 Å². The Morgan fingerprint density at radius 1 is 1.47 bits per heavy atom. The van der Waals surface area contributed by atoms with E-state index in [1.165, 1.54) is 4.57 Å². The largest absolute Gasteiger partial charge is 0.299 e. The summed E-state index contributed by atoms with van der Waals surface area (Å²) >= 11 is 0. The normalized spacial score (nSPS) is 13.2. The first kappa shape index (κ1) is 11.9. The molecule has 0 aliphatic rings. The van der Waals surface area contributed by atoms with Gasteiger partial charge >= 0.3 is 0 Å². The molecule has 0 aliphatic carbocycles. The van der Waals surface area contributed by atoms with E-state index in [0.29, 0.717) is 5.92 Å². The molecule has 17 heavy (non-hydrogen) atoms. The number of hydrogen-bond acceptors (Lipinski definition) is 2. The Hall–Kier alpha value is -1.58. The summed E-state index contributed by atoms with van der Waals surface area (Å²) in [5, 5.41) is 4.28. The van der Waals surface area contributed by atoms with Crippen LogP contribution in [-0.2, 0) is 7.05 Å². The second-order valence-corrected chi connectivity index (χ2v) is 4.74. The molecule has 2 heterocycles. The maximum atomic E-state index is 12.2. The molecule has 0 bridgehead atoms. The average Bonchev–Trinajstić information content (AvgIpc) is 2.62. The molecule has 0 aliphatic heterocycles. The van der Waals surface area contributed by atoms with Gasteiger partial charge in [-0.2, -0.15) is 5.10 Å². The van der Waals surface area contributed by atoms with Gasteiger partial charge < -0.3 is 0 Å². The van der Waals surface area contributed by atoms with Gasteiger partial charge in [-0.1, -0.05) is 20.3 Å². The van der Waals surface area contributed by atoms with Crippen LogP contribution in [-0.4, -0.2) is 14.2 Å². The molecule has 92 valence electrons. The third-order valence-electron chi connectivity index (χ3n) is 3.30. The maximum Gasteiger partial charge on any atom is 0.277 e. The zero-order chi connectivity index (χ0) is 12.6. The molecule has 4 nitrogen and oxygen atoms in total. The zero-order valence-electron chi connectivity index (χ0n) is 10.9. The molecule has 0 N–H and O–H groups in total. The zero-order valence-corrected chi connectivity index (χ0v) is 10.9. The van der Waals surface area contributed by atoms with E-state index in [0.717, 1.165) is 29.6 Å². The van der Waals surface area contributed by atoms with E-state index in [4.69, 9.17) is 0 Å². The van der Waals surface area contributed by atoms with Crippen LogP contribution >= 0.6 is 0 Å². The molecule has 0 radical (unpaired) electrons. The summed E-state index contributed by atoms with van der Waals surface area (Å²) in [5.74, 6) is 0.403. The minimum Gasteiger partial charge on any atom is -0.299 e. The lowest BCUT2D eigenvalue weighted by molar-refractivity contribution is 0.666. The molecule has 0 fully saturated rings. The fraction of sp³-hybridized carbons (Fsp3) is 0.538. The summed E-state index contributed by atoms with van der Waals surface area (Å²) < 4.78 is 3.29. The van der Waals surface area contributed by atoms with Crippen LogP contribution in [0, 0.1) is 6.92 Å². The molecular weight excluding hydrogens is 214 g/mol. The van der Waals surface area contributed by atoms with Crippen molar-refractivity contribution in [1.29, 1.82) is 0 Å². The van der Waals surface area contributed by atoms with Gasteiger partial charge in [-0.15, -0.1) is 0 Å². The van der Waals surface area contributed by atoms with E-state index in [2.05, 4.69) is 25.0 Å². The van der Waals surface area contributed by atoms with Gasteiger partial charge in [0.1, 0.15) is 11.8 Å². The number of aryl methyl sites for hydroxylation is 2. The Bertz CT molecular complexity index is 594. The third-order valence-corrected chi connectivity index (χ3v) is 3.30. The van der Waals surface area contributed by atoms with Gasteiger partial charge in [0.2, 0.25) is 0 Å². The summed E-state index contributed by atoms with van der Waals surface area (Å²) in [5.41, 5.74) is 2.91. The number of nitrogens with zero attached hydrogens (tertiary/aromatic N) is 3. The van der Waals surface area contributed by atoms with Gasteiger partial charge in [0.15, 0.2) is 0 Å². The van der Waals surface area contributed by atoms with Crippen molar-refractivity contribution in [3.8, 4) is 0 Å². The Morgan fingerprint density at radius 2 is 2.18 bits per heavy atom. The highest BCUT2D eigenvalue weighted by Gasteiger charge is 2.16. The molecule has 0 aromatic carbocycles. The molecule has 0 amide bonds. The van der Waals surface area contributed by atoms with Crippen molar-refractivity contribution in [1.82, 2.24) is 14.2 Å². The highest BCUT2D eigenvalue weighted by Crippen LogP contribution is 2.25. The van der Waals surface area contributed by atoms with Crippen molar-refractivity contribution in [2.45, 2.75) is 39.5 Å². The van der Waals surface area contributed by atoms with Crippen LogP contribution in [0.15, 0.2) is 17.2 Å². The molecular formula is C13H19N3O. The Labute approximate surface area is 101 Å². The van der Waals surface area contributed by atoms with Crippen molar-refractivity contribution in [3.63, 3.8) is 0 Å². The van der Waals surface area contributed by atoms with Crippen molar-refractivity contribution < 1.29 is 0 Å². The fourth-order valence-corrected chi connectivity index (χ4v) is 2.33. The maximum absolute atomic E-state index is 12.2. The summed E-state index contributed by atoms with van der Waals surface area (Å²) in [7, 11) is 1.74. The lowest BCUT2D eigenvalue weighted by atomic mass is 9.97. The van der Waals surface area contributed by atoms with Crippen molar-refractivity contribution in [2.24, 2.45) is 7.05 Å². The topological polar surface area (TPSA) is 39.3 Å². The van der Waals surface area contributed by atoms with Gasteiger partial charge in [0.25, 0.3) is 5.56 Å². The average molecular weight is 233 g/mol. The Morgan fingerprint density at radius 3 is 2.82 bits per heavy atom. The minimum atomic E-state index is 0.0334. The number of hydrogen-bond donors (Lipinski definition) is 0. The molecule has 2 aromatic rings. The lowest BCUT2D eigenvalue weighted by Gasteiger charge is -2.08. The van der Waals surface area contributed by atoms with E-state index < -0.39 is 0 Å². The highest BCUT2D eigenvalue weighted by atomic mass is 16.1. The molecule has 0 saturated carbocycles. The monoisotopic (exact) mass is 233 g/mol. The number of aromatic nitrogens is 3. The third kappa shape index (κ3) is 1.88. The first-order chi connectivity index (χ1) is 8.06. The van der Waals surface area contributed by atoms with Crippen LogP contribution in [0.4, 0.5) is 0 Å². The quantitative estimate of drug-likeness (QED) is 0.815. The second-order valence-electron chi connectivity index (χ2n) is 4.74. The summed E-state index contributed by atoms with van der Waals surface area (Å²) in [6.45, 7) is 6.32. The van der Waals surface area contributed by atoms with E-state index in [-0.39, 0.29) is 5.56 Å². The Kier molecular flexibility index (Phi) is 3.05. The Balaban J connectivity index is 2.72. The lowest BCUT2D eigenvalue weighted by Crippen LogP contribution is -2.21. The molecule has 0 saturated heterocycles. The van der Waals surface area contributed by atoms with Gasteiger partial charge in [0.05, 0.1) is 0 Å². The summed E-state index contributed by atoms with van der Waals surface area (Å²) in [6.07, 6.45) is 3.78. The van der Waals surface area contributed by atoms with Crippen molar-refractivity contribution >= 4 is 5.52 Å². The molecule has 2 aromatic heterocycles. The van der Waals surface area contributed by atoms with Crippen LogP contribution < -0.4 is 5.56 Å². The smallest absolute Gasteiger partial charge is 0.277 e. The van der Waals surface area contributed by atoms with Crippen LogP contribution in [0.5, 0.6) is 0 Å². The molecule has 2 rings (SSSR count). The van der Waals surface area contributed by atoms with Crippen molar-refractivity contribution in [2.75, 3.05) is 0 Å². The van der Waals surface area contributed by atoms with E-state index in [9.17, 15) is 4.79 Å². The highest BCUT2D eigenvalue weighted by molar-refractivity contribution is 5.56. The summed E-state index contributed by atoms with van der Waals surface area (Å²) in [6, 6.07) is 2.09. The molecule has 1 atom stereocenters. The van der Waals surface area contributed by atoms with Crippen molar-refractivity contribution in [3.05, 3.63) is 34.0 Å². The molecule has 0 spiro atoms.